The van der Waals surface area contributed by atoms with E-state index >= 15 is 0 Å². The van der Waals surface area contributed by atoms with E-state index in [1.165, 1.54) is 15.2 Å². The number of nitrogens with zero attached hydrogens (tertiary/aromatic N) is 3. The fourth-order valence-corrected chi connectivity index (χ4v) is 4.10. The van der Waals surface area contributed by atoms with Crippen LogP contribution in [0.15, 0.2) is 11.4 Å². The molecule has 1 aliphatic rings. The first-order chi connectivity index (χ1) is 8.96. The third kappa shape index (κ3) is 2.94. The van der Waals surface area contributed by atoms with Crippen LogP contribution in [0.5, 0.6) is 0 Å². The van der Waals surface area contributed by atoms with Crippen LogP contribution in [0.4, 0.5) is 0 Å². The Bertz CT molecular complexity index is 535. The molecule has 8 heteroatoms. The SMILES string of the molecule is COCC1CCN(S(=O)(=O)c2ncn(C)c2Cl)CC1. The van der Waals surface area contributed by atoms with Gasteiger partial charge in [0.25, 0.3) is 10.0 Å². The second-order valence-corrected chi connectivity index (χ2v) is 6.97. The van der Waals surface area contributed by atoms with Gasteiger partial charge in [-0.15, -0.1) is 0 Å². The largest absolute Gasteiger partial charge is 0.384 e. The molecule has 1 fully saturated rings. The maximum Gasteiger partial charge on any atom is 0.263 e. The lowest BCUT2D eigenvalue weighted by Gasteiger charge is -2.30. The van der Waals surface area contributed by atoms with Crippen molar-refractivity contribution in [1.82, 2.24) is 13.9 Å². The number of methoxy groups -OCH3 is 1. The molecule has 108 valence electrons. The molecule has 1 aromatic heterocycles. The van der Waals surface area contributed by atoms with E-state index in [2.05, 4.69) is 4.98 Å². The summed E-state index contributed by atoms with van der Waals surface area (Å²) in [6.07, 6.45) is 3.02. The van der Waals surface area contributed by atoms with Gasteiger partial charge in [-0.3, -0.25) is 0 Å². The van der Waals surface area contributed by atoms with E-state index in [-0.39, 0.29) is 10.2 Å². The average Bonchev–Trinajstić information content (AvgIpc) is 2.72. The lowest BCUT2D eigenvalue weighted by Crippen LogP contribution is -2.39. The number of halogens is 1. The molecule has 0 spiro atoms. The van der Waals surface area contributed by atoms with Crippen LogP contribution in [0.3, 0.4) is 0 Å². The van der Waals surface area contributed by atoms with Gasteiger partial charge in [-0.1, -0.05) is 11.6 Å². The molecule has 0 bridgehead atoms. The van der Waals surface area contributed by atoms with Crippen LogP contribution >= 0.6 is 11.6 Å². The quantitative estimate of drug-likeness (QED) is 0.836. The van der Waals surface area contributed by atoms with E-state index in [0.717, 1.165) is 12.8 Å². The number of aromatic nitrogens is 2. The van der Waals surface area contributed by atoms with Crippen molar-refractivity contribution in [2.24, 2.45) is 13.0 Å². The molecular weight excluding hydrogens is 290 g/mol. The predicted molar refractivity (Wildman–Crippen MR) is 71.6 cm³/mol. The molecule has 1 saturated heterocycles. The number of ether oxygens (including phenoxy) is 1. The smallest absolute Gasteiger partial charge is 0.263 e. The summed E-state index contributed by atoms with van der Waals surface area (Å²) in [5.74, 6) is 0.427. The predicted octanol–water partition coefficient (Wildman–Crippen LogP) is 1.12. The number of imidazole rings is 1. The molecule has 0 radical (unpaired) electrons. The third-order valence-electron chi connectivity index (χ3n) is 3.39. The van der Waals surface area contributed by atoms with E-state index in [1.807, 2.05) is 0 Å². The topological polar surface area (TPSA) is 64.4 Å². The van der Waals surface area contributed by atoms with Gasteiger partial charge in [-0.2, -0.15) is 4.31 Å². The zero-order valence-electron chi connectivity index (χ0n) is 11.0. The first-order valence-corrected chi connectivity index (χ1v) is 7.94. The molecule has 0 aromatic carbocycles. The highest BCUT2D eigenvalue weighted by atomic mass is 35.5. The standard InChI is InChI=1S/C11H18ClN3O3S/c1-14-8-13-11(10(14)12)19(16,17)15-5-3-9(4-6-15)7-18-2/h8-9H,3-7H2,1-2H3. The van der Waals surface area contributed by atoms with Crippen molar-refractivity contribution in [1.29, 1.82) is 0 Å². The summed E-state index contributed by atoms with van der Waals surface area (Å²) in [5, 5.41) is 0.0980. The van der Waals surface area contributed by atoms with Gasteiger partial charge in [0.2, 0.25) is 5.03 Å². The molecule has 0 aliphatic carbocycles. The summed E-state index contributed by atoms with van der Waals surface area (Å²) in [4.78, 5) is 3.89. The van der Waals surface area contributed by atoms with E-state index in [9.17, 15) is 8.42 Å². The Hall–Kier alpha value is -0.630. The minimum Gasteiger partial charge on any atom is -0.384 e. The number of aryl methyl sites for hydroxylation is 1. The van der Waals surface area contributed by atoms with Gasteiger partial charge >= 0.3 is 0 Å². The minimum atomic E-state index is -3.58. The van der Waals surface area contributed by atoms with Crippen molar-refractivity contribution in [2.45, 2.75) is 17.9 Å². The van der Waals surface area contributed by atoms with Crippen LogP contribution < -0.4 is 0 Å². The van der Waals surface area contributed by atoms with Gasteiger partial charge in [0.05, 0.1) is 6.33 Å². The minimum absolute atomic E-state index is 0.0538. The molecule has 0 N–H and O–H groups in total. The number of sulfonamides is 1. The summed E-state index contributed by atoms with van der Waals surface area (Å²) in [5.41, 5.74) is 0. The fraction of sp³-hybridized carbons (Fsp3) is 0.727. The maximum atomic E-state index is 12.4. The average molecular weight is 308 g/mol. The lowest BCUT2D eigenvalue weighted by molar-refractivity contribution is 0.121. The second-order valence-electron chi connectivity index (χ2n) is 4.75. The van der Waals surface area contributed by atoms with Gasteiger partial charge in [-0.25, -0.2) is 13.4 Å². The number of piperidine rings is 1. The Labute approximate surface area is 118 Å². The molecular formula is C11H18ClN3O3S. The Morgan fingerprint density at radius 3 is 2.58 bits per heavy atom. The maximum absolute atomic E-state index is 12.4. The third-order valence-corrected chi connectivity index (χ3v) is 5.78. The molecule has 2 rings (SSSR count). The first-order valence-electron chi connectivity index (χ1n) is 6.12. The molecule has 0 atom stereocenters. The van der Waals surface area contributed by atoms with E-state index in [0.29, 0.717) is 25.6 Å². The summed E-state index contributed by atoms with van der Waals surface area (Å²) >= 11 is 5.97. The van der Waals surface area contributed by atoms with Crippen LogP contribution in [0.25, 0.3) is 0 Å². The van der Waals surface area contributed by atoms with Crippen LogP contribution in [0.1, 0.15) is 12.8 Å². The highest BCUT2D eigenvalue weighted by Gasteiger charge is 2.32. The van der Waals surface area contributed by atoms with Gasteiger partial charge in [0, 0.05) is 33.9 Å². The zero-order chi connectivity index (χ0) is 14.0. The van der Waals surface area contributed by atoms with Crippen molar-refractivity contribution in [3.63, 3.8) is 0 Å². The van der Waals surface area contributed by atoms with Crippen LogP contribution in [-0.4, -0.2) is 49.1 Å². The van der Waals surface area contributed by atoms with Gasteiger partial charge < -0.3 is 9.30 Å². The van der Waals surface area contributed by atoms with Crippen LogP contribution in [0.2, 0.25) is 5.15 Å². The molecule has 1 aromatic rings. The van der Waals surface area contributed by atoms with Gasteiger partial charge in [0.15, 0.2) is 0 Å². The Morgan fingerprint density at radius 2 is 2.11 bits per heavy atom. The van der Waals surface area contributed by atoms with E-state index < -0.39 is 10.0 Å². The van der Waals surface area contributed by atoms with E-state index in [1.54, 1.807) is 14.2 Å². The summed E-state index contributed by atoms with van der Waals surface area (Å²) < 4.78 is 32.9. The first kappa shape index (κ1) is 14.8. The van der Waals surface area contributed by atoms with Gasteiger partial charge in [0.1, 0.15) is 5.15 Å². The number of hydrogen-bond donors (Lipinski definition) is 0. The fourth-order valence-electron chi connectivity index (χ4n) is 2.24. The van der Waals surface area contributed by atoms with Crippen molar-refractivity contribution in [2.75, 3.05) is 26.8 Å². The molecule has 0 saturated carbocycles. The Balaban J connectivity index is 2.12. The number of hydrogen-bond acceptors (Lipinski definition) is 4. The highest BCUT2D eigenvalue weighted by Crippen LogP contribution is 2.26. The molecule has 0 unspecified atom stereocenters. The molecule has 6 nitrogen and oxygen atoms in total. The van der Waals surface area contributed by atoms with Crippen molar-refractivity contribution in [3.8, 4) is 0 Å². The summed E-state index contributed by atoms with van der Waals surface area (Å²) in [6, 6.07) is 0. The van der Waals surface area contributed by atoms with Crippen LogP contribution in [-0.2, 0) is 21.8 Å². The Kier molecular flexibility index (Phi) is 4.50. The zero-order valence-corrected chi connectivity index (χ0v) is 12.6. The Morgan fingerprint density at radius 1 is 1.47 bits per heavy atom. The second kappa shape index (κ2) is 5.78. The lowest BCUT2D eigenvalue weighted by atomic mass is 9.99. The van der Waals surface area contributed by atoms with Crippen molar-refractivity contribution >= 4 is 21.6 Å². The van der Waals surface area contributed by atoms with E-state index in [4.69, 9.17) is 16.3 Å². The number of rotatable bonds is 4. The van der Waals surface area contributed by atoms with Crippen molar-refractivity contribution < 1.29 is 13.2 Å². The highest BCUT2D eigenvalue weighted by molar-refractivity contribution is 7.89. The summed E-state index contributed by atoms with van der Waals surface area (Å²) in [6.45, 7) is 1.66. The van der Waals surface area contributed by atoms with Crippen molar-refractivity contribution in [3.05, 3.63) is 11.5 Å². The molecule has 0 amide bonds. The van der Waals surface area contributed by atoms with Crippen LogP contribution in [0, 0.1) is 5.92 Å². The molecule has 19 heavy (non-hydrogen) atoms. The molecule has 1 aliphatic heterocycles. The van der Waals surface area contributed by atoms with Gasteiger partial charge in [-0.05, 0) is 18.8 Å². The normalized spacial score (nSPS) is 18.9. The molecule has 2 heterocycles. The summed E-state index contributed by atoms with van der Waals surface area (Å²) in [7, 11) is -0.252. The monoisotopic (exact) mass is 307 g/mol.